The van der Waals surface area contributed by atoms with E-state index in [1.807, 2.05) is 13.8 Å². The van der Waals surface area contributed by atoms with E-state index in [2.05, 4.69) is 6.58 Å². The summed E-state index contributed by atoms with van der Waals surface area (Å²) in [5.41, 5.74) is 5.94. The Morgan fingerprint density at radius 3 is 2.55 bits per heavy atom. The third-order valence-electron chi connectivity index (χ3n) is 2.02. The van der Waals surface area contributed by atoms with Crippen molar-refractivity contribution in [2.24, 2.45) is 11.1 Å². The van der Waals surface area contributed by atoms with Crippen molar-refractivity contribution in [2.45, 2.75) is 26.7 Å². The molecule has 2 heteroatoms. The topological polar surface area (TPSA) is 43.1 Å². The first-order valence-electron chi connectivity index (χ1n) is 3.89. The number of nitrogens with two attached hydrogens (primary N) is 1. The van der Waals surface area contributed by atoms with Crippen LogP contribution in [0, 0.1) is 5.41 Å². The summed E-state index contributed by atoms with van der Waals surface area (Å²) in [7, 11) is 0. The summed E-state index contributed by atoms with van der Waals surface area (Å²) in [5.74, 6) is 0. The number of carbonyl (C=O) groups excluding carboxylic acids is 1. The molecule has 0 rings (SSSR count). The van der Waals surface area contributed by atoms with Crippen LogP contribution in [0.25, 0.3) is 0 Å². The molecule has 2 N–H and O–H groups in total. The number of rotatable bonds is 5. The Morgan fingerprint density at radius 2 is 2.18 bits per heavy atom. The van der Waals surface area contributed by atoms with E-state index in [9.17, 15) is 4.79 Å². The monoisotopic (exact) mass is 155 g/mol. The molecule has 0 radical (unpaired) electrons. The number of carbonyl (C=O) groups is 1. The van der Waals surface area contributed by atoms with E-state index >= 15 is 0 Å². The number of aldehydes is 1. The Labute approximate surface area is 68.5 Å². The van der Waals surface area contributed by atoms with Crippen LogP contribution >= 0.6 is 0 Å². The third-order valence-corrected chi connectivity index (χ3v) is 2.02. The van der Waals surface area contributed by atoms with Gasteiger partial charge in [-0.25, -0.2) is 0 Å². The summed E-state index contributed by atoms with van der Waals surface area (Å²) in [4.78, 5) is 10.4. The van der Waals surface area contributed by atoms with Gasteiger partial charge in [0.15, 0.2) is 0 Å². The molecular weight excluding hydrogens is 138 g/mol. The Kier molecular flexibility index (Phi) is 4.04. The average Bonchev–Trinajstić information content (AvgIpc) is 1.99. The predicted molar refractivity (Wildman–Crippen MR) is 47.3 cm³/mol. The maximum absolute atomic E-state index is 10.4. The van der Waals surface area contributed by atoms with Gasteiger partial charge in [0.1, 0.15) is 6.29 Å². The molecule has 64 valence electrons. The summed E-state index contributed by atoms with van der Waals surface area (Å²) in [6.07, 6.45) is 2.71. The molecule has 0 aromatic heterocycles. The Balaban J connectivity index is 3.98. The lowest BCUT2D eigenvalue weighted by molar-refractivity contribution is -0.105. The molecule has 0 amide bonds. The van der Waals surface area contributed by atoms with Crippen LogP contribution in [0.2, 0.25) is 0 Å². The van der Waals surface area contributed by atoms with Gasteiger partial charge in [-0.2, -0.15) is 0 Å². The summed E-state index contributed by atoms with van der Waals surface area (Å²) < 4.78 is 0. The average molecular weight is 155 g/mol. The lowest BCUT2D eigenvalue weighted by Gasteiger charge is -2.23. The molecule has 0 bridgehead atoms. The van der Waals surface area contributed by atoms with Crippen molar-refractivity contribution < 1.29 is 4.79 Å². The Bertz CT molecular complexity index is 150. The molecule has 0 spiro atoms. The molecule has 11 heavy (non-hydrogen) atoms. The van der Waals surface area contributed by atoms with E-state index in [-0.39, 0.29) is 5.41 Å². The van der Waals surface area contributed by atoms with Gasteiger partial charge in [0.05, 0.1) is 0 Å². The number of hydrogen-bond donors (Lipinski definition) is 1. The van der Waals surface area contributed by atoms with Crippen molar-refractivity contribution in [3.05, 3.63) is 12.2 Å². The summed E-state index contributed by atoms with van der Waals surface area (Å²) in [6, 6.07) is 0. The highest BCUT2D eigenvalue weighted by molar-refractivity contribution is 5.73. The smallest absolute Gasteiger partial charge is 0.145 e. The standard InChI is InChI=1S/C9H17NO/c1-8(7-11)9(2,3)5-4-6-10/h7H,1,4-6,10H2,2-3H3. The van der Waals surface area contributed by atoms with Crippen LogP contribution in [0.3, 0.4) is 0 Å². The van der Waals surface area contributed by atoms with Crippen molar-refractivity contribution >= 4 is 6.29 Å². The highest BCUT2D eigenvalue weighted by Gasteiger charge is 2.19. The van der Waals surface area contributed by atoms with Crippen molar-refractivity contribution in [2.75, 3.05) is 6.54 Å². The van der Waals surface area contributed by atoms with Crippen molar-refractivity contribution in [3.8, 4) is 0 Å². The maximum Gasteiger partial charge on any atom is 0.145 e. The molecule has 0 aromatic carbocycles. The SMILES string of the molecule is C=C(C=O)C(C)(C)CCCN. The zero-order valence-electron chi connectivity index (χ0n) is 7.39. The second-order valence-corrected chi connectivity index (χ2v) is 3.42. The van der Waals surface area contributed by atoms with E-state index in [1.54, 1.807) is 0 Å². The van der Waals surface area contributed by atoms with Crippen LogP contribution < -0.4 is 5.73 Å². The fraction of sp³-hybridized carbons (Fsp3) is 0.667. The number of allylic oxidation sites excluding steroid dienone is 1. The molecule has 2 nitrogen and oxygen atoms in total. The second kappa shape index (κ2) is 4.29. The predicted octanol–water partition coefficient (Wildman–Crippen LogP) is 1.51. The highest BCUT2D eigenvalue weighted by atomic mass is 16.1. The van der Waals surface area contributed by atoms with Crippen molar-refractivity contribution in [1.82, 2.24) is 0 Å². The zero-order valence-corrected chi connectivity index (χ0v) is 7.39. The summed E-state index contributed by atoms with van der Waals surface area (Å²) in [6.45, 7) is 8.39. The molecule has 0 fully saturated rings. The molecule has 0 atom stereocenters. The molecule has 0 aliphatic rings. The van der Waals surface area contributed by atoms with Gasteiger partial charge in [-0.15, -0.1) is 0 Å². The minimum Gasteiger partial charge on any atom is -0.330 e. The van der Waals surface area contributed by atoms with Crippen LogP contribution in [-0.2, 0) is 4.79 Å². The first kappa shape index (κ1) is 10.4. The normalized spacial score (nSPS) is 11.2. The van der Waals surface area contributed by atoms with Crippen LogP contribution in [0.15, 0.2) is 12.2 Å². The quantitative estimate of drug-likeness (QED) is 0.483. The molecule has 0 saturated heterocycles. The number of hydrogen-bond acceptors (Lipinski definition) is 2. The van der Waals surface area contributed by atoms with Crippen molar-refractivity contribution in [1.29, 1.82) is 0 Å². The molecule has 0 aromatic rings. The molecule has 0 heterocycles. The lowest BCUT2D eigenvalue weighted by atomic mass is 9.81. The van der Waals surface area contributed by atoms with Gasteiger partial charge in [0.25, 0.3) is 0 Å². The molecule has 0 unspecified atom stereocenters. The third kappa shape index (κ3) is 3.33. The molecule has 0 aliphatic carbocycles. The van der Waals surface area contributed by atoms with Gasteiger partial charge in [0.2, 0.25) is 0 Å². The highest BCUT2D eigenvalue weighted by Crippen LogP contribution is 2.28. The maximum atomic E-state index is 10.4. The van der Waals surface area contributed by atoms with E-state index in [1.165, 1.54) is 0 Å². The first-order valence-corrected chi connectivity index (χ1v) is 3.89. The summed E-state index contributed by atoms with van der Waals surface area (Å²) in [5, 5.41) is 0. The van der Waals surface area contributed by atoms with Gasteiger partial charge in [0, 0.05) is 0 Å². The minimum atomic E-state index is -0.0822. The second-order valence-electron chi connectivity index (χ2n) is 3.42. The van der Waals surface area contributed by atoms with Gasteiger partial charge in [-0.1, -0.05) is 20.4 Å². The molecular formula is C9H17NO. The van der Waals surface area contributed by atoms with E-state index in [4.69, 9.17) is 5.73 Å². The van der Waals surface area contributed by atoms with Crippen LogP contribution in [-0.4, -0.2) is 12.8 Å². The largest absolute Gasteiger partial charge is 0.330 e. The van der Waals surface area contributed by atoms with Crippen LogP contribution in [0.1, 0.15) is 26.7 Å². The first-order chi connectivity index (χ1) is 5.04. The summed E-state index contributed by atoms with van der Waals surface area (Å²) >= 11 is 0. The molecule has 0 aliphatic heterocycles. The van der Waals surface area contributed by atoms with Crippen LogP contribution in [0.4, 0.5) is 0 Å². The lowest BCUT2D eigenvalue weighted by Crippen LogP contribution is -2.16. The zero-order chi connectivity index (χ0) is 8.91. The Hall–Kier alpha value is -0.630. The van der Waals surface area contributed by atoms with Crippen molar-refractivity contribution in [3.63, 3.8) is 0 Å². The fourth-order valence-electron chi connectivity index (χ4n) is 0.864. The van der Waals surface area contributed by atoms with Gasteiger partial charge in [-0.05, 0) is 30.4 Å². The van der Waals surface area contributed by atoms with E-state index in [0.29, 0.717) is 12.1 Å². The van der Waals surface area contributed by atoms with Gasteiger partial charge in [-0.3, -0.25) is 4.79 Å². The van der Waals surface area contributed by atoms with Gasteiger partial charge >= 0.3 is 0 Å². The molecule has 0 saturated carbocycles. The van der Waals surface area contributed by atoms with E-state index in [0.717, 1.165) is 19.1 Å². The fourth-order valence-corrected chi connectivity index (χ4v) is 0.864. The van der Waals surface area contributed by atoms with Crippen LogP contribution in [0.5, 0.6) is 0 Å². The van der Waals surface area contributed by atoms with E-state index < -0.39 is 0 Å². The Morgan fingerprint density at radius 1 is 1.64 bits per heavy atom. The van der Waals surface area contributed by atoms with Gasteiger partial charge < -0.3 is 5.73 Å². The minimum absolute atomic E-state index is 0.0822.